The molecule has 0 rings (SSSR count). The summed E-state index contributed by atoms with van der Waals surface area (Å²) in [6.07, 6.45) is 17.4. The second kappa shape index (κ2) is 15.6. The zero-order valence-corrected chi connectivity index (χ0v) is 13.7. The average molecular weight is 298 g/mol. The Morgan fingerprint density at radius 3 is 2.19 bits per heavy atom. The molecule has 0 aromatic heterocycles. The van der Waals surface area contributed by atoms with Gasteiger partial charge >= 0.3 is 5.97 Å². The van der Waals surface area contributed by atoms with Crippen LogP contribution in [-0.4, -0.2) is 22.3 Å². The van der Waals surface area contributed by atoms with Crippen LogP contribution in [0.4, 0.5) is 0 Å². The maximum absolute atomic E-state index is 10.3. The summed E-state index contributed by atoms with van der Waals surface area (Å²) in [6, 6.07) is 0. The SMILES string of the molecule is CCCCC/C=C/C(O)CCCCCCCCCC(=O)O. The van der Waals surface area contributed by atoms with Crippen LogP contribution >= 0.6 is 0 Å². The number of allylic oxidation sites excluding steroid dienone is 1. The van der Waals surface area contributed by atoms with E-state index in [1.165, 1.54) is 38.5 Å². The molecule has 0 radical (unpaired) electrons. The van der Waals surface area contributed by atoms with Gasteiger partial charge in [0.2, 0.25) is 0 Å². The van der Waals surface area contributed by atoms with Gasteiger partial charge in [-0.1, -0.05) is 70.4 Å². The highest BCUT2D eigenvalue weighted by molar-refractivity contribution is 5.66. The molecule has 0 aliphatic carbocycles. The fourth-order valence-corrected chi connectivity index (χ4v) is 2.38. The molecular formula is C18H34O3. The largest absolute Gasteiger partial charge is 0.481 e. The Hall–Kier alpha value is -0.830. The minimum atomic E-state index is -0.688. The summed E-state index contributed by atoms with van der Waals surface area (Å²) < 4.78 is 0. The van der Waals surface area contributed by atoms with Crippen LogP contribution in [0.15, 0.2) is 12.2 Å². The Morgan fingerprint density at radius 1 is 0.952 bits per heavy atom. The summed E-state index contributed by atoms with van der Waals surface area (Å²) in [5.74, 6) is -0.688. The molecule has 0 aliphatic rings. The van der Waals surface area contributed by atoms with Gasteiger partial charge in [-0.3, -0.25) is 4.79 Å². The smallest absolute Gasteiger partial charge is 0.303 e. The number of carboxylic acids is 1. The normalized spacial score (nSPS) is 12.9. The molecule has 0 fully saturated rings. The highest BCUT2D eigenvalue weighted by Gasteiger charge is 1.99. The van der Waals surface area contributed by atoms with E-state index in [9.17, 15) is 9.90 Å². The fraction of sp³-hybridized carbons (Fsp3) is 0.833. The number of unbranched alkanes of at least 4 members (excludes halogenated alkanes) is 9. The number of aliphatic carboxylic acids is 1. The number of hydrogen-bond acceptors (Lipinski definition) is 2. The molecule has 3 nitrogen and oxygen atoms in total. The van der Waals surface area contributed by atoms with Crippen molar-refractivity contribution in [2.45, 2.75) is 96.5 Å². The first-order chi connectivity index (χ1) is 10.2. The first kappa shape index (κ1) is 20.2. The van der Waals surface area contributed by atoms with Crippen LogP contribution in [0, 0.1) is 0 Å². The molecule has 0 bridgehead atoms. The van der Waals surface area contributed by atoms with Crippen molar-refractivity contribution in [2.75, 3.05) is 0 Å². The van der Waals surface area contributed by atoms with Gasteiger partial charge in [0.25, 0.3) is 0 Å². The number of hydrogen-bond donors (Lipinski definition) is 2. The summed E-state index contributed by atoms with van der Waals surface area (Å²) in [7, 11) is 0. The molecule has 21 heavy (non-hydrogen) atoms. The third-order valence-electron chi connectivity index (χ3n) is 3.72. The second-order valence-corrected chi connectivity index (χ2v) is 5.90. The topological polar surface area (TPSA) is 57.5 Å². The number of rotatable bonds is 15. The van der Waals surface area contributed by atoms with Crippen molar-refractivity contribution in [1.82, 2.24) is 0 Å². The molecule has 0 aliphatic heterocycles. The van der Waals surface area contributed by atoms with Crippen molar-refractivity contribution in [3.05, 3.63) is 12.2 Å². The van der Waals surface area contributed by atoms with Gasteiger partial charge in [-0.05, 0) is 25.7 Å². The standard InChI is InChI=1S/C18H34O3/c1-2-3-4-8-11-14-17(19)15-12-9-6-5-7-10-13-16-18(20)21/h11,14,17,19H,2-10,12-13,15-16H2,1H3,(H,20,21)/b14-11+. The van der Waals surface area contributed by atoms with Gasteiger partial charge in [-0.15, -0.1) is 0 Å². The minimum absolute atomic E-state index is 0.276. The van der Waals surface area contributed by atoms with Crippen molar-refractivity contribution in [2.24, 2.45) is 0 Å². The lowest BCUT2D eigenvalue weighted by Crippen LogP contribution is -2.01. The molecule has 0 heterocycles. The maximum atomic E-state index is 10.3. The van der Waals surface area contributed by atoms with Gasteiger partial charge in [-0.2, -0.15) is 0 Å². The molecule has 0 spiro atoms. The van der Waals surface area contributed by atoms with Crippen molar-refractivity contribution in [3.63, 3.8) is 0 Å². The van der Waals surface area contributed by atoms with Crippen LogP contribution in [0.25, 0.3) is 0 Å². The van der Waals surface area contributed by atoms with E-state index in [-0.39, 0.29) is 6.10 Å². The molecule has 0 saturated heterocycles. The van der Waals surface area contributed by atoms with Crippen molar-refractivity contribution in [3.8, 4) is 0 Å². The van der Waals surface area contributed by atoms with Gasteiger partial charge < -0.3 is 10.2 Å². The van der Waals surface area contributed by atoms with Crippen LogP contribution in [0.1, 0.15) is 90.4 Å². The molecule has 0 amide bonds. The zero-order valence-electron chi connectivity index (χ0n) is 13.7. The summed E-state index contributed by atoms with van der Waals surface area (Å²) >= 11 is 0. The van der Waals surface area contributed by atoms with E-state index in [4.69, 9.17) is 5.11 Å². The van der Waals surface area contributed by atoms with E-state index in [2.05, 4.69) is 13.0 Å². The molecule has 0 aromatic rings. The first-order valence-electron chi connectivity index (χ1n) is 8.73. The molecule has 1 atom stereocenters. The number of aliphatic hydroxyl groups excluding tert-OH is 1. The lowest BCUT2D eigenvalue weighted by molar-refractivity contribution is -0.137. The second-order valence-electron chi connectivity index (χ2n) is 5.90. The van der Waals surface area contributed by atoms with Gasteiger partial charge in [0.05, 0.1) is 6.10 Å². The van der Waals surface area contributed by atoms with Gasteiger partial charge in [-0.25, -0.2) is 0 Å². The van der Waals surface area contributed by atoms with Crippen LogP contribution in [0.5, 0.6) is 0 Å². The van der Waals surface area contributed by atoms with E-state index in [1.54, 1.807) is 0 Å². The first-order valence-corrected chi connectivity index (χ1v) is 8.73. The number of carbonyl (C=O) groups is 1. The Labute approximate surface area is 130 Å². The van der Waals surface area contributed by atoms with E-state index in [0.29, 0.717) is 6.42 Å². The van der Waals surface area contributed by atoms with Gasteiger partial charge in [0.1, 0.15) is 0 Å². The van der Waals surface area contributed by atoms with E-state index in [0.717, 1.165) is 38.5 Å². The monoisotopic (exact) mass is 298 g/mol. The average Bonchev–Trinajstić information content (AvgIpc) is 2.45. The van der Waals surface area contributed by atoms with Crippen molar-refractivity contribution in [1.29, 1.82) is 0 Å². The van der Waals surface area contributed by atoms with Crippen LogP contribution in [0.3, 0.4) is 0 Å². The Balaban J connectivity index is 3.24. The summed E-state index contributed by atoms with van der Waals surface area (Å²) in [6.45, 7) is 2.20. The van der Waals surface area contributed by atoms with Crippen LogP contribution in [-0.2, 0) is 4.79 Å². The zero-order chi connectivity index (χ0) is 15.8. The predicted molar refractivity (Wildman–Crippen MR) is 88.5 cm³/mol. The lowest BCUT2D eigenvalue weighted by atomic mass is 10.0. The number of carboxylic acid groups (broad SMARTS) is 1. The van der Waals surface area contributed by atoms with E-state index < -0.39 is 5.97 Å². The summed E-state index contributed by atoms with van der Waals surface area (Å²) in [5.41, 5.74) is 0. The Kier molecular flexibility index (Phi) is 14.9. The third-order valence-corrected chi connectivity index (χ3v) is 3.72. The van der Waals surface area contributed by atoms with Crippen LogP contribution < -0.4 is 0 Å². The van der Waals surface area contributed by atoms with E-state index >= 15 is 0 Å². The fourth-order valence-electron chi connectivity index (χ4n) is 2.38. The lowest BCUT2D eigenvalue weighted by Gasteiger charge is -2.05. The van der Waals surface area contributed by atoms with E-state index in [1.807, 2.05) is 6.08 Å². The molecule has 1 unspecified atom stereocenters. The third kappa shape index (κ3) is 17.1. The Morgan fingerprint density at radius 2 is 1.57 bits per heavy atom. The predicted octanol–water partition coefficient (Wildman–Crippen LogP) is 5.08. The van der Waals surface area contributed by atoms with Crippen molar-refractivity contribution < 1.29 is 15.0 Å². The summed E-state index contributed by atoms with van der Waals surface area (Å²) in [4.78, 5) is 10.3. The molecular weight excluding hydrogens is 264 g/mol. The number of aliphatic hydroxyl groups is 1. The van der Waals surface area contributed by atoms with Crippen molar-refractivity contribution >= 4 is 5.97 Å². The quantitative estimate of drug-likeness (QED) is 0.327. The highest BCUT2D eigenvalue weighted by atomic mass is 16.4. The maximum Gasteiger partial charge on any atom is 0.303 e. The Bertz CT molecular complexity index is 261. The van der Waals surface area contributed by atoms with Crippen LogP contribution in [0.2, 0.25) is 0 Å². The molecule has 3 heteroatoms. The van der Waals surface area contributed by atoms with Gasteiger partial charge in [0.15, 0.2) is 0 Å². The van der Waals surface area contributed by atoms with Gasteiger partial charge in [0, 0.05) is 6.42 Å². The minimum Gasteiger partial charge on any atom is -0.481 e. The highest BCUT2D eigenvalue weighted by Crippen LogP contribution is 2.11. The molecule has 0 aromatic carbocycles. The molecule has 0 saturated carbocycles. The molecule has 124 valence electrons. The molecule has 2 N–H and O–H groups in total. The summed E-state index contributed by atoms with van der Waals surface area (Å²) in [5, 5.41) is 18.3.